The van der Waals surface area contributed by atoms with Gasteiger partial charge in [-0.15, -0.1) is 0 Å². The lowest BCUT2D eigenvalue weighted by molar-refractivity contribution is 0.0711. The summed E-state index contributed by atoms with van der Waals surface area (Å²) >= 11 is 0. The number of nitrogens with zero attached hydrogens (tertiary/aromatic N) is 3. The maximum atomic E-state index is 12.8. The molecule has 1 unspecified atom stereocenters. The van der Waals surface area contributed by atoms with Crippen LogP contribution in [-0.2, 0) is 4.74 Å². The van der Waals surface area contributed by atoms with E-state index in [1.165, 1.54) is 5.56 Å². The molecule has 2 aliphatic heterocycles. The van der Waals surface area contributed by atoms with Crippen molar-refractivity contribution in [3.8, 4) is 5.88 Å². The largest absolute Gasteiger partial charge is 0.472 e. The average Bonchev–Trinajstić information content (AvgIpc) is 3.33. The van der Waals surface area contributed by atoms with E-state index in [2.05, 4.69) is 15.2 Å². The molecule has 0 aliphatic carbocycles. The van der Waals surface area contributed by atoms with E-state index in [4.69, 9.17) is 9.47 Å². The van der Waals surface area contributed by atoms with Gasteiger partial charge in [-0.3, -0.25) is 9.89 Å². The molecule has 0 saturated carbocycles. The molecular weight excluding hydrogens is 332 g/mol. The van der Waals surface area contributed by atoms with Crippen molar-refractivity contribution in [2.24, 2.45) is 0 Å². The van der Waals surface area contributed by atoms with Crippen molar-refractivity contribution in [1.82, 2.24) is 20.1 Å². The van der Waals surface area contributed by atoms with E-state index in [-0.39, 0.29) is 12.0 Å². The van der Waals surface area contributed by atoms with Gasteiger partial charge in [-0.1, -0.05) is 0 Å². The summed E-state index contributed by atoms with van der Waals surface area (Å²) in [5.41, 5.74) is 3.03. The van der Waals surface area contributed by atoms with Gasteiger partial charge in [0.25, 0.3) is 5.91 Å². The smallest absolute Gasteiger partial charge is 0.254 e. The topological polar surface area (TPSA) is 80.3 Å². The summed E-state index contributed by atoms with van der Waals surface area (Å²) < 4.78 is 11.1. The van der Waals surface area contributed by atoms with E-state index >= 15 is 0 Å². The molecule has 1 N–H and O–H groups in total. The molecule has 0 bridgehead atoms. The van der Waals surface area contributed by atoms with Gasteiger partial charge in [0.05, 0.1) is 19.4 Å². The van der Waals surface area contributed by atoms with Crippen LogP contribution in [0, 0.1) is 6.92 Å². The van der Waals surface area contributed by atoms with Crippen LogP contribution in [-0.4, -0.2) is 58.4 Å². The summed E-state index contributed by atoms with van der Waals surface area (Å²) in [6, 6.07) is 3.50. The molecule has 1 atom stereocenters. The van der Waals surface area contributed by atoms with Crippen LogP contribution < -0.4 is 4.74 Å². The molecule has 4 heterocycles. The summed E-state index contributed by atoms with van der Waals surface area (Å²) in [7, 11) is 0. The fourth-order valence-corrected chi connectivity index (χ4v) is 3.73. The molecule has 2 aromatic rings. The van der Waals surface area contributed by atoms with Crippen molar-refractivity contribution in [1.29, 1.82) is 0 Å². The van der Waals surface area contributed by atoms with Crippen LogP contribution in [0.5, 0.6) is 5.88 Å². The normalized spacial score (nSPS) is 21.1. The van der Waals surface area contributed by atoms with E-state index in [1.54, 1.807) is 18.3 Å². The number of piperidine rings is 1. The minimum absolute atomic E-state index is 0.0294. The van der Waals surface area contributed by atoms with Gasteiger partial charge in [0.15, 0.2) is 0 Å². The number of carbonyl (C=O) groups excluding carboxylic acids is 1. The third kappa shape index (κ3) is 3.58. The Morgan fingerprint density at radius 2 is 2.19 bits per heavy atom. The molecule has 7 nitrogen and oxygen atoms in total. The Bertz CT molecular complexity index is 762. The number of likely N-dealkylation sites (tertiary alicyclic amines) is 1. The minimum atomic E-state index is 0.0294. The quantitative estimate of drug-likeness (QED) is 0.909. The van der Waals surface area contributed by atoms with Crippen LogP contribution in [0.1, 0.15) is 46.8 Å². The van der Waals surface area contributed by atoms with Crippen LogP contribution in [0.25, 0.3) is 0 Å². The first-order chi connectivity index (χ1) is 12.7. The third-order valence-corrected chi connectivity index (χ3v) is 5.25. The monoisotopic (exact) mass is 356 g/mol. The predicted octanol–water partition coefficient (Wildman–Crippen LogP) is 2.30. The Balaban J connectivity index is 1.38. The van der Waals surface area contributed by atoms with Gasteiger partial charge in [0, 0.05) is 43.0 Å². The molecule has 2 aromatic heterocycles. The van der Waals surface area contributed by atoms with Gasteiger partial charge in [-0.05, 0) is 37.3 Å². The SMILES string of the molecule is Cc1[nH]ncc1C1CCN(C(=O)c2ccnc(OC3CCOC3)c2)CC1. The van der Waals surface area contributed by atoms with Gasteiger partial charge in [-0.2, -0.15) is 5.10 Å². The van der Waals surface area contributed by atoms with Crippen LogP contribution in [0.2, 0.25) is 0 Å². The standard InChI is InChI=1S/C19H24N4O3/c1-13-17(11-21-22-13)14-3-7-23(8-4-14)19(24)15-2-6-20-18(10-15)26-16-5-9-25-12-16/h2,6,10-11,14,16H,3-5,7-9,12H2,1H3,(H,21,22). The molecule has 2 fully saturated rings. The number of hydrogen-bond donors (Lipinski definition) is 1. The second kappa shape index (κ2) is 7.45. The lowest BCUT2D eigenvalue weighted by atomic mass is 9.89. The summed E-state index contributed by atoms with van der Waals surface area (Å²) in [5, 5.41) is 7.12. The van der Waals surface area contributed by atoms with Gasteiger partial charge < -0.3 is 14.4 Å². The Morgan fingerprint density at radius 3 is 2.88 bits per heavy atom. The highest BCUT2D eigenvalue weighted by molar-refractivity contribution is 5.94. The number of hydrogen-bond acceptors (Lipinski definition) is 5. The molecule has 1 amide bonds. The van der Waals surface area contributed by atoms with Crippen molar-refractivity contribution in [2.75, 3.05) is 26.3 Å². The van der Waals surface area contributed by atoms with Crippen LogP contribution in [0.15, 0.2) is 24.5 Å². The minimum Gasteiger partial charge on any atom is -0.472 e. The molecule has 7 heteroatoms. The Hall–Kier alpha value is -2.41. The van der Waals surface area contributed by atoms with E-state index in [0.717, 1.165) is 38.0 Å². The average molecular weight is 356 g/mol. The molecule has 2 saturated heterocycles. The fourth-order valence-electron chi connectivity index (χ4n) is 3.73. The van der Waals surface area contributed by atoms with Crippen molar-refractivity contribution < 1.29 is 14.3 Å². The molecule has 0 radical (unpaired) electrons. The molecule has 26 heavy (non-hydrogen) atoms. The zero-order valence-electron chi connectivity index (χ0n) is 15.0. The number of ether oxygens (including phenoxy) is 2. The lowest BCUT2D eigenvalue weighted by Crippen LogP contribution is -2.38. The lowest BCUT2D eigenvalue weighted by Gasteiger charge is -2.32. The second-order valence-electron chi connectivity index (χ2n) is 7.00. The molecule has 138 valence electrons. The maximum Gasteiger partial charge on any atom is 0.254 e. The number of aromatic nitrogens is 3. The van der Waals surface area contributed by atoms with Crippen molar-refractivity contribution >= 4 is 5.91 Å². The zero-order valence-corrected chi connectivity index (χ0v) is 15.0. The molecule has 0 aromatic carbocycles. The van der Waals surface area contributed by atoms with Crippen LogP contribution in [0.3, 0.4) is 0 Å². The number of amides is 1. The maximum absolute atomic E-state index is 12.8. The van der Waals surface area contributed by atoms with E-state index in [0.29, 0.717) is 30.6 Å². The Labute approximate surface area is 152 Å². The van der Waals surface area contributed by atoms with Crippen molar-refractivity contribution in [3.63, 3.8) is 0 Å². The Morgan fingerprint density at radius 1 is 1.35 bits per heavy atom. The van der Waals surface area contributed by atoms with E-state index in [9.17, 15) is 4.79 Å². The fraction of sp³-hybridized carbons (Fsp3) is 0.526. The van der Waals surface area contributed by atoms with Crippen molar-refractivity contribution in [3.05, 3.63) is 41.3 Å². The summed E-state index contributed by atoms with van der Waals surface area (Å²) in [6.07, 6.45) is 6.36. The number of nitrogens with one attached hydrogen (secondary N) is 1. The zero-order chi connectivity index (χ0) is 17.9. The van der Waals surface area contributed by atoms with Crippen LogP contribution >= 0.6 is 0 Å². The Kier molecular flexibility index (Phi) is 4.88. The number of aromatic amines is 1. The highest BCUT2D eigenvalue weighted by Crippen LogP contribution is 2.30. The second-order valence-corrected chi connectivity index (χ2v) is 7.00. The first-order valence-electron chi connectivity index (χ1n) is 9.20. The van der Waals surface area contributed by atoms with Gasteiger partial charge in [0.2, 0.25) is 5.88 Å². The summed E-state index contributed by atoms with van der Waals surface area (Å²) in [6.45, 7) is 4.86. The highest BCUT2D eigenvalue weighted by atomic mass is 16.5. The van der Waals surface area contributed by atoms with Gasteiger partial charge in [0.1, 0.15) is 6.10 Å². The molecule has 4 rings (SSSR count). The first-order valence-corrected chi connectivity index (χ1v) is 9.20. The van der Waals surface area contributed by atoms with Crippen LogP contribution in [0.4, 0.5) is 0 Å². The number of aryl methyl sites for hydroxylation is 1. The number of carbonyl (C=O) groups is 1. The third-order valence-electron chi connectivity index (χ3n) is 5.25. The summed E-state index contributed by atoms with van der Waals surface area (Å²) in [5.74, 6) is 1.01. The number of H-pyrrole nitrogens is 1. The number of rotatable bonds is 4. The summed E-state index contributed by atoms with van der Waals surface area (Å²) in [4.78, 5) is 19.0. The van der Waals surface area contributed by atoms with Gasteiger partial charge >= 0.3 is 0 Å². The van der Waals surface area contributed by atoms with E-state index in [1.807, 2.05) is 18.0 Å². The molecule has 0 spiro atoms. The van der Waals surface area contributed by atoms with Gasteiger partial charge in [-0.25, -0.2) is 4.98 Å². The first kappa shape index (κ1) is 17.0. The van der Waals surface area contributed by atoms with Crippen molar-refractivity contribution in [2.45, 2.75) is 38.2 Å². The molecule has 2 aliphatic rings. The highest BCUT2D eigenvalue weighted by Gasteiger charge is 2.26. The molecular formula is C19H24N4O3. The predicted molar refractivity (Wildman–Crippen MR) is 95.3 cm³/mol. The van der Waals surface area contributed by atoms with E-state index < -0.39 is 0 Å². The number of pyridine rings is 1.